The molecular weight excluding hydrogens is 894 g/mol. The predicted molar refractivity (Wildman–Crippen MR) is 296 cm³/mol. The van der Waals surface area contributed by atoms with Crippen molar-refractivity contribution < 1.29 is 42.1 Å². The minimum Gasteiger partial charge on any atom is -0.756 e. The first-order chi connectivity index (χ1) is 34.0. The van der Waals surface area contributed by atoms with Gasteiger partial charge in [0.15, 0.2) is 6.10 Å². The number of likely N-dealkylation sites (N-methyl/N-ethyl adjacent to an activating group) is 1. The van der Waals surface area contributed by atoms with E-state index in [4.69, 9.17) is 18.5 Å². The van der Waals surface area contributed by atoms with Crippen molar-refractivity contribution in [3.63, 3.8) is 0 Å². The van der Waals surface area contributed by atoms with Crippen LogP contribution in [0.15, 0.2) is 72.9 Å². The lowest BCUT2D eigenvalue weighted by molar-refractivity contribution is -0.870. The zero-order chi connectivity index (χ0) is 51.3. The molecule has 9 nitrogen and oxygen atoms in total. The zero-order valence-electron chi connectivity index (χ0n) is 46.0. The fourth-order valence-electron chi connectivity index (χ4n) is 7.84. The average molecular weight is 1000 g/mol. The summed E-state index contributed by atoms with van der Waals surface area (Å²) < 4.78 is 34.0. The number of unbranched alkanes of at least 4 members (excludes halogenated alkanes) is 26. The molecule has 0 rings (SSSR count). The number of phosphoric acid groups is 1. The van der Waals surface area contributed by atoms with Crippen molar-refractivity contribution in [1.82, 2.24) is 0 Å². The number of allylic oxidation sites excluding steroid dienone is 12. The Morgan fingerprint density at radius 1 is 0.457 bits per heavy atom. The molecule has 0 amide bonds. The number of ether oxygens (including phenoxy) is 2. The highest BCUT2D eigenvalue weighted by Gasteiger charge is 2.21. The van der Waals surface area contributed by atoms with Gasteiger partial charge in [0.25, 0.3) is 7.82 Å². The third-order valence-electron chi connectivity index (χ3n) is 12.2. The molecule has 0 aliphatic rings. The Morgan fingerprint density at radius 2 is 0.814 bits per heavy atom. The Kier molecular flexibility index (Phi) is 49.5. The van der Waals surface area contributed by atoms with Crippen LogP contribution in [-0.2, 0) is 32.7 Å². The molecule has 0 bridgehead atoms. The Hall–Kier alpha value is -2.55. The molecule has 0 saturated carbocycles. The predicted octanol–water partition coefficient (Wildman–Crippen LogP) is 17.1. The van der Waals surface area contributed by atoms with Crippen LogP contribution in [0.2, 0.25) is 0 Å². The largest absolute Gasteiger partial charge is 0.756 e. The van der Waals surface area contributed by atoms with Crippen molar-refractivity contribution >= 4 is 19.8 Å². The summed E-state index contributed by atoms with van der Waals surface area (Å²) in [5.74, 6) is -0.830. The molecule has 0 radical (unpaired) electrons. The van der Waals surface area contributed by atoms with Gasteiger partial charge in [-0.1, -0.05) is 241 Å². The van der Waals surface area contributed by atoms with E-state index in [9.17, 15) is 19.0 Å². The quantitative estimate of drug-likeness (QED) is 0.0195. The van der Waals surface area contributed by atoms with Crippen LogP contribution >= 0.6 is 7.82 Å². The molecule has 0 aliphatic carbocycles. The number of phosphoric ester groups is 1. The van der Waals surface area contributed by atoms with E-state index >= 15 is 0 Å². The topological polar surface area (TPSA) is 111 Å². The Labute approximate surface area is 431 Å². The van der Waals surface area contributed by atoms with E-state index < -0.39 is 26.5 Å². The molecule has 406 valence electrons. The van der Waals surface area contributed by atoms with Crippen LogP contribution in [0.3, 0.4) is 0 Å². The second kappa shape index (κ2) is 51.4. The zero-order valence-corrected chi connectivity index (χ0v) is 46.8. The van der Waals surface area contributed by atoms with Gasteiger partial charge in [0.2, 0.25) is 0 Å². The van der Waals surface area contributed by atoms with Crippen molar-refractivity contribution in [3.8, 4) is 0 Å². The van der Waals surface area contributed by atoms with Gasteiger partial charge in [0.05, 0.1) is 27.7 Å². The molecule has 0 saturated heterocycles. The second-order valence-electron chi connectivity index (χ2n) is 20.3. The summed E-state index contributed by atoms with van der Waals surface area (Å²) in [6.07, 6.45) is 66.9. The van der Waals surface area contributed by atoms with Gasteiger partial charge < -0.3 is 27.9 Å². The molecule has 0 spiro atoms. The number of carbonyl (C=O) groups excluding carboxylic acids is 2. The van der Waals surface area contributed by atoms with Crippen LogP contribution in [-0.4, -0.2) is 70.0 Å². The summed E-state index contributed by atoms with van der Waals surface area (Å²) in [5.41, 5.74) is 0. The van der Waals surface area contributed by atoms with E-state index in [0.29, 0.717) is 17.4 Å². The van der Waals surface area contributed by atoms with Crippen molar-refractivity contribution in [2.75, 3.05) is 47.5 Å². The number of hydrogen-bond acceptors (Lipinski definition) is 8. The van der Waals surface area contributed by atoms with Crippen molar-refractivity contribution in [3.05, 3.63) is 72.9 Å². The second-order valence-corrected chi connectivity index (χ2v) is 21.7. The van der Waals surface area contributed by atoms with Crippen LogP contribution in [0.5, 0.6) is 0 Å². The van der Waals surface area contributed by atoms with Crippen molar-refractivity contribution in [2.45, 2.75) is 251 Å². The number of nitrogens with zero attached hydrogens (tertiary/aromatic N) is 1. The van der Waals surface area contributed by atoms with E-state index in [1.54, 1.807) is 0 Å². The summed E-state index contributed by atoms with van der Waals surface area (Å²) in [4.78, 5) is 37.6. The fraction of sp³-hybridized carbons (Fsp3) is 0.767. The molecule has 0 aliphatic heterocycles. The first-order valence-corrected chi connectivity index (χ1v) is 30.1. The van der Waals surface area contributed by atoms with Gasteiger partial charge in [-0.15, -0.1) is 0 Å². The van der Waals surface area contributed by atoms with Crippen LogP contribution in [0.25, 0.3) is 0 Å². The van der Waals surface area contributed by atoms with Crippen LogP contribution in [0, 0.1) is 0 Å². The molecule has 70 heavy (non-hydrogen) atoms. The molecule has 0 aromatic rings. The Morgan fingerprint density at radius 3 is 1.21 bits per heavy atom. The van der Waals surface area contributed by atoms with E-state index in [0.717, 1.165) is 77.0 Å². The lowest BCUT2D eigenvalue weighted by atomic mass is 10.0. The lowest BCUT2D eigenvalue weighted by Gasteiger charge is -2.28. The van der Waals surface area contributed by atoms with Gasteiger partial charge in [-0.25, -0.2) is 0 Å². The Balaban J connectivity index is 3.92. The molecule has 0 fully saturated rings. The van der Waals surface area contributed by atoms with E-state index in [-0.39, 0.29) is 32.0 Å². The summed E-state index contributed by atoms with van der Waals surface area (Å²) >= 11 is 0. The Bertz CT molecular complexity index is 1410. The molecule has 2 atom stereocenters. The SMILES string of the molecule is CC/C=C\C/C=C\C/C=C\C/C=C\C/C=C\C/C=C\CCCCCCCCCCCCCCCCCCCCC(=O)OC(COC(=O)CCCCCCCCCCC)COP(=O)([O-])OCC[N+](C)(C)C. The molecule has 2 unspecified atom stereocenters. The summed E-state index contributed by atoms with van der Waals surface area (Å²) in [7, 11) is 1.17. The highest BCUT2D eigenvalue weighted by Crippen LogP contribution is 2.38. The van der Waals surface area contributed by atoms with Gasteiger partial charge in [0, 0.05) is 12.8 Å². The van der Waals surface area contributed by atoms with E-state index in [1.807, 2.05) is 21.1 Å². The monoisotopic (exact) mass is 1000 g/mol. The van der Waals surface area contributed by atoms with E-state index in [1.165, 1.54) is 135 Å². The summed E-state index contributed by atoms with van der Waals surface area (Å²) in [6.45, 7) is 4.11. The summed E-state index contributed by atoms with van der Waals surface area (Å²) in [6, 6.07) is 0. The highest BCUT2D eigenvalue weighted by molar-refractivity contribution is 7.45. The molecule has 10 heteroatoms. The number of carbonyl (C=O) groups is 2. The molecule has 0 aromatic carbocycles. The summed E-state index contributed by atoms with van der Waals surface area (Å²) in [5, 5.41) is 0. The van der Waals surface area contributed by atoms with Crippen LogP contribution in [0.1, 0.15) is 245 Å². The van der Waals surface area contributed by atoms with Crippen LogP contribution < -0.4 is 4.89 Å². The van der Waals surface area contributed by atoms with Crippen molar-refractivity contribution in [1.29, 1.82) is 0 Å². The van der Waals surface area contributed by atoms with Gasteiger partial charge in [-0.05, 0) is 64.2 Å². The van der Waals surface area contributed by atoms with E-state index in [2.05, 4.69) is 86.8 Å². The maximum Gasteiger partial charge on any atom is 0.306 e. The number of hydrogen-bond donors (Lipinski definition) is 0. The van der Waals surface area contributed by atoms with Gasteiger partial charge in [-0.3, -0.25) is 14.2 Å². The molecule has 0 N–H and O–H groups in total. The smallest absolute Gasteiger partial charge is 0.306 e. The number of esters is 2. The van der Waals surface area contributed by atoms with Gasteiger partial charge in [-0.2, -0.15) is 0 Å². The van der Waals surface area contributed by atoms with Gasteiger partial charge >= 0.3 is 11.9 Å². The first kappa shape index (κ1) is 67.5. The third-order valence-corrected chi connectivity index (χ3v) is 13.2. The highest BCUT2D eigenvalue weighted by atomic mass is 31.2. The normalized spacial score (nSPS) is 13.9. The van der Waals surface area contributed by atoms with Crippen LogP contribution in [0.4, 0.5) is 0 Å². The maximum atomic E-state index is 12.7. The van der Waals surface area contributed by atoms with Crippen molar-refractivity contribution in [2.24, 2.45) is 0 Å². The molecule has 0 heterocycles. The first-order valence-electron chi connectivity index (χ1n) is 28.6. The molecule has 0 aromatic heterocycles. The fourth-order valence-corrected chi connectivity index (χ4v) is 8.57. The van der Waals surface area contributed by atoms with Gasteiger partial charge in [0.1, 0.15) is 19.8 Å². The lowest BCUT2D eigenvalue weighted by Crippen LogP contribution is -2.37. The third kappa shape index (κ3) is 54.8. The molecular formula is C60H108NO8P. The number of rotatable bonds is 52. The minimum absolute atomic E-state index is 0.0302. The average Bonchev–Trinajstić information content (AvgIpc) is 3.32. The minimum atomic E-state index is -4.63. The standard InChI is InChI=1S/C60H108NO8P/c1-6-8-10-12-14-16-17-18-19-20-21-22-23-24-25-26-27-28-29-30-31-32-33-34-35-36-37-38-39-40-41-42-43-45-47-49-51-53-60(63)69-58(57-68-70(64,65)67-55-54-61(3,4)5)56-66-59(62)52-50-48-46-44-15-13-11-9-7-2/h8,10,14,16,18-19,21-22,24-25,27-28,58H,6-7,9,11-13,15,17,20,23,26,29-57H2,1-5H3/b10-8-,16-14-,19-18-,22-21-,25-24-,28-27-. The number of quaternary nitrogens is 1. The maximum absolute atomic E-state index is 12.7.